The normalized spacial score (nSPS) is 24.4. The summed E-state index contributed by atoms with van der Waals surface area (Å²) in [5.41, 5.74) is 7.81. The van der Waals surface area contributed by atoms with Gasteiger partial charge in [-0.15, -0.1) is 0 Å². The fraction of sp³-hybridized carbons (Fsp3) is 0.462. The van der Waals surface area contributed by atoms with Gasteiger partial charge in [-0.3, -0.25) is 4.79 Å². The minimum atomic E-state index is 0.108. The van der Waals surface area contributed by atoms with Crippen LogP contribution in [0, 0.1) is 0 Å². The van der Waals surface area contributed by atoms with Gasteiger partial charge in [0.05, 0.1) is 12.7 Å². The second kappa shape index (κ2) is 5.29. The van der Waals surface area contributed by atoms with E-state index in [1.54, 1.807) is 7.11 Å². The summed E-state index contributed by atoms with van der Waals surface area (Å²) >= 11 is 0. The van der Waals surface area contributed by atoms with Crippen LogP contribution in [0.4, 0.5) is 0 Å². The number of rotatable bonds is 3. The van der Waals surface area contributed by atoms with Crippen molar-refractivity contribution in [1.82, 2.24) is 5.32 Å². The summed E-state index contributed by atoms with van der Waals surface area (Å²) in [7, 11) is 1.57. The number of aldehydes is 1. The Kier molecular flexibility index (Phi) is 3.76. The summed E-state index contributed by atoms with van der Waals surface area (Å²) in [6.07, 6.45) is 1.83. The number of piperidine rings is 1. The topological polar surface area (TPSA) is 64.3 Å². The molecule has 17 heavy (non-hydrogen) atoms. The number of methoxy groups -OCH3 is 1. The first-order valence-corrected chi connectivity index (χ1v) is 5.85. The second-order valence-electron chi connectivity index (χ2n) is 4.38. The van der Waals surface area contributed by atoms with Crippen LogP contribution >= 0.6 is 0 Å². The molecule has 0 aliphatic carbocycles. The first kappa shape index (κ1) is 12.1. The Bertz CT molecular complexity index is 406. The van der Waals surface area contributed by atoms with E-state index in [0.717, 1.165) is 31.4 Å². The van der Waals surface area contributed by atoms with Crippen LogP contribution in [0.1, 0.15) is 28.3 Å². The predicted octanol–water partition coefficient (Wildman–Crippen LogP) is 0.912. The minimum Gasteiger partial charge on any atom is -0.496 e. The van der Waals surface area contributed by atoms with Crippen LogP contribution in [0.3, 0.4) is 0 Å². The van der Waals surface area contributed by atoms with Crippen molar-refractivity contribution < 1.29 is 9.53 Å². The number of carbonyl (C=O) groups excluding carboxylic acids is 1. The van der Waals surface area contributed by atoms with E-state index in [2.05, 4.69) is 5.32 Å². The van der Waals surface area contributed by atoms with Gasteiger partial charge in [-0.1, -0.05) is 6.07 Å². The molecule has 2 atom stereocenters. The van der Waals surface area contributed by atoms with Crippen molar-refractivity contribution in [2.24, 2.45) is 5.73 Å². The van der Waals surface area contributed by atoms with Crippen LogP contribution in [-0.2, 0) is 0 Å². The second-order valence-corrected chi connectivity index (χ2v) is 4.38. The number of benzene rings is 1. The summed E-state index contributed by atoms with van der Waals surface area (Å²) in [4.78, 5) is 11.0. The van der Waals surface area contributed by atoms with Crippen molar-refractivity contribution in [2.75, 3.05) is 20.2 Å². The first-order chi connectivity index (χ1) is 8.26. The maximum absolute atomic E-state index is 11.0. The highest BCUT2D eigenvalue weighted by Gasteiger charge is 2.23. The Balaban J connectivity index is 2.29. The van der Waals surface area contributed by atoms with E-state index in [1.165, 1.54) is 0 Å². The smallest absolute Gasteiger partial charge is 0.153 e. The molecule has 1 heterocycles. The van der Waals surface area contributed by atoms with Crippen LogP contribution in [0.5, 0.6) is 5.75 Å². The van der Waals surface area contributed by atoms with Gasteiger partial charge in [0.2, 0.25) is 0 Å². The van der Waals surface area contributed by atoms with Crippen molar-refractivity contribution >= 4 is 6.29 Å². The van der Waals surface area contributed by atoms with E-state index >= 15 is 0 Å². The van der Waals surface area contributed by atoms with Gasteiger partial charge in [0, 0.05) is 18.5 Å². The van der Waals surface area contributed by atoms with E-state index in [-0.39, 0.29) is 6.04 Å². The Labute approximate surface area is 101 Å². The molecule has 1 fully saturated rings. The summed E-state index contributed by atoms with van der Waals surface area (Å²) in [5.74, 6) is 0.937. The summed E-state index contributed by atoms with van der Waals surface area (Å²) in [5, 5.41) is 3.27. The lowest BCUT2D eigenvalue weighted by Crippen LogP contribution is -2.44. The molecule has 92 valence electrons. The fourth-order valence-corrected chi connectivity index (χ4v) is 2.37. The van der Waals surface area contributed by atoms with Crippen LogP contribution < -0.4 is 15.8 Å². The molecule has 1 aliphatic heterocycles. The standard InChI is InChI=1S/C13H18N2O2/c1-17-13-3-2-9(6-10(13)8-16)11-4-5-15-7-12(11)14/h2-3,6,8,11-12,15H,4-5,7,14H2,1H3. The zero-order valence-corrected chi connectivity index (χ0v) is 9.98. The van der Waals surface area contributed by atoms with Crippen molar-refractivity contribution in [2.45, 2.75) is 18.4 Å². The van der Waals surface area contributed by atoms with E-state index in [0.29, 0.717) is 17.2 Å². The molecule has 1 saturated heterocycles. The molecule has 0 bridgehead atoms. The number of ether oxygens (including phenoxy) is 1. The number of hydrogen-bond donors (Lipinski definition) is 2. The molecule has 0 amide bonds. The van der Waals surface area contributed by atoms with Crippen LogP contribution in [0.2, 0.25) is 0 Å². The Morgan fingerprint density at radius 3 is 3.00 bits per heavy atom. The van der Waals surface area contributed by atoms with E-state index in [4.69, 9.17) is 10.5 Å². The molecule has 0 spiro atoms. The molecule has 0 aromatic heterocycles. The molecule has 2 unspecified atom stereocenters. The average molecular weight is 234 g/mol. The number of nitrogens with two attached hydrogens (primary N) is 1. The molecule has 3 N–H and O–H groups in total. The molecule has 4 heteroatoms. The lowest BCUT2D eigenvalue weighted by atomic mass is 9.86. The zero-order chi connectivity index (χ0) is 12.3. The number of carbonyl (C=O) groups is 1. The van der Waals surface area contributed by atoms with Gasteiger partial charge in [0.1, 0.15) is 5.75 Å². The largest absolute Gasteiger partial charge is 0.496 e. The molecular weight excluding hydrogens is 216 g/mol. The zero-order valence-electron chi connectivity index (χ0n) is 9.98. The SMILES string of the molecule is COc1ccc(C2CCNCC2N)cc1C=O. The fourth-order valence-electron chi connectivity index (χ4n) is 2.37. The number of hydrogen-bond acceptors (Lipinski definition) is 4. The quantitative estimate of drug-likeness (QED) is 0.763. The Hall–Kier alpha value is -1.39. The van der Waals surface area contributed by atoms with Gasteiger partial charge in [-0.2, -0.15) is 0 Å². The molecule has 4 nitrogen and oxygen atoms in total. The third-order valence-corrected chi connectivity index (χ3v) is 3.34. The highest BCUT2D eigenvalue weighted by atomic mass is 16.5. The molecule has 0 radical (unpaired) electrons. The molecule has 1 aromatic rings. The average Bonchev–Trinajstić information content (AvgIpc) is 2.38. The Morgan fingerprint density at radius 2 is 2.35 bits per heavy atom. The van der Waals surface area contributed by atoms with Crippen LogP contribution in [0.25, 0.3) is 0 Å². The molecule has 2 rings (SSSR count). The lowest BCUT2D eigenvalue weighted by Gasteiger charge is -2.30. The highest BCUT2D eigenvalue weighted by Crippen LogP contribution is 2.28. The summed E-state index contributed by atoms with van der Waals surface area (Å²) in [6.45, 7) is 1.80. The summed E-state index contributed by atoms with van der Waals surface area (Å²) in [6, 6.07) is 5.84. The van der Waals surface area contributed by atoms with E-state index < -0.39 is 0 Å². The van der Waals surface area contributed by atoms with Gasteiger partial charge >= 0.3 is 0 Å². The van der Waals surface area contributed by atoms with E-state index in [9.17, 15) is 4.79 Å². The van der Waals surface area contributed by atoms with Crippen molar-refractivity contribution in [3.63, 3.8) is 0 Å². The van der Waals surface area contributed by atoms with Gasteiger partial charge in [-0.05, 0) is 30.7 Å². The Morgan fingerprint density at radius 1 is 1.53 bits per heavy atom. The third-order valence-electron chi connectivity index (χ3n) is 3.34. The van der Waals surface area contributed by atoms with Gasteiger partial charge in [-0.25, -0.2) is 0 Å². The summed E-state index contributed by atoms with van der Waals surface area (Å²) < 4.78 is 5.13. The van der Waals surface area contributed by atoms with Crippen LogP contribution in [-0.4, -0.2) is 32.5 Å². The first-order valence-electron chi connectivity index (χ1n) is 5.85. The molecule has 0 saturated carbocycles. The van der Waals surface area contributed by atoms with Crippen molar-refractivity contribution in [3.05, 3.63) is 29.3 Å². The van der Waals surface area contributed by atoms with Crippen LogP contribution in [0.15, 0.2) is 18.2 Å². The minimum absolute atomic E-state index is 0.108. The maximum Gasteiger partial charge on any atom is 0.153 e. The van der Waals surface area contributed by atoms with Crippen molar-refractivity contribution in [1.29, 1.82) is 0 Å². The third kappa shape index (κ3) is 2.48. The molecule has 1 aliphatic rings. The number of nitrogens with one attached hydrogen (secondary N) is 1. The monoisotopic (exact) mass is 234 g/mol. The molecular formula is C13H18N2O2. The lowest BCUT2D eigenvalue weighted by molar-refractivity contribution is 0.112. The van der Waals surface area contributed by atoms with Crippen molar-refractivity contribution in [3.8, 4) is 5.75 Å². The van der Waals surface area contributed by atoms with Gasteiger partial charge < -0.3 is 15.8 Å². The van der Waals surface area contributed by atoms with Gasteiger partial charge in [0.15, 0.2) is 6.29 Å². The predicted molar refractivity (Wildman–Crippen MR) is 66.6 cm³/mol. The molecule has 1 aromatic carbocycles. The maximum atomic E-state index is 11.0. The van der Waals surface area contributed by atoms with Gasteiger partial charge in [0.25, 0.3) is 0 Å². The highest BCUT2D eigenvalue weighted by molar-refractivity contribution is 5.79. The van der Waals surface area contributed by atoms with E-state index in [1.807, 2.05) is 18.2 Å².